The van der Waals surface area contributed by atoms with E-state index in [9.17, 15) is 24.9 Å². The molecule has 2 aromatic carbocycles. The number of aromatic hydroxyl groups is 1. The molecule has 6 N–H and O–H groups in total. The molecular weight excluding hydrogens is 701 g/mol. The van der Waals surface area contributed by atoms with Crippen LogP contribution in [0.4, 0.5) is 5.69 Å². The number of fused-ring (bicyclic) bond motifs is 5. The number of epoxide rings is 1. The lowest BCUT2D eigenvalue weighted by atomic mass is 9.35. The summed E-state index contributed by atoms with van der Waals surface area (Å²) in [6.45, 7) is 15.8. The Morgan fingerprint density at radius 3 is 2.45 bits per heavy atom. The van der Waals surface area contributed by atoms with E-state index in [2.05, 4.69) is 58.1 Å². The molecule has 8 nitrogen and oxygen atoms in total. The Bertz CT molecular complexity index is 1960. The Morgan fingerprint density at radius 1 is 0.982 bits per heavy atom. The lowest BCUT2D eigenvalue weighted by molar-refractivity contribution is -0.219. The fraction of sp³-hybridized carbons (Fsp3) is 0.667. The standard InChI is InChI=1S/C48H66N2O6/c1-26(17-36(52)43-48(7,56-43)34-14-10-13-32(34)28-11-9-12-30(49)20-28)40-35-15-16-39-45(4)22-33(29-18-27(25-50-8)19-31(51)21-29)42(55)44(2,3)41(45)38(54)24-47(39,6)46(35,5)23-37(40)53/h9,11-12,18-21,26,32-34,36,38-39,41,43,50-52,54H,10,13-17,22-25,49H2,1-8H3/t26-,32+,33+,34+,36-,38+,39+,41+,43+,45-,46+,47+,48-/m1/s1. The van der Waals surface area contributed by atoms with Gasteiger partial charge in [0, 0.05) is 41.3 Å². The van der Waals surface area contributed by atoms with Crippen molar-refractivity contribution in [1.29, 1.82) is 0 Å². The quantitative estimate of drug-likeness (QED) is 0.128. The van der Waals surface area contributed by atoms with Crippen LogP contribution in [-0.4, -0.2) is 57.8 Å². The Labute approximate surface area is 334 Å². The molecule has 8 heteroatoms. The van der Waals surface area contributed by atoms with Crippen molar-refractivity contribution >= 4 is 17.3 Å². The van der Waals surface area contributed by atoms with Crippen molar-refractivity contribution in [1.82, 2.24) is 5.32 Å². The van der Waals surface area contributed by atoms with E-state index in [1.54, 1.807) is 12.1 Å². The summed E-state index contributed by atoms with van der Waals surface area (Å²) in [7, 11) is 1.87. The number of aliphatic hydroxyl groups is 2. The summed E-state index contributed by atoms with van der Waals surface area (Å²) < 4.78 is 6.45. The van der Waals surface area contributed by atoms with E-state index >= 15 is 0 Å². The zero-order valence-corrected chi connectivity index (χ0v) is 35.0. The molecule has 0 aromatic heterocycles. The van der Waals surface area contributed by atoms with E-state index in [1.807, 2.05) is 33.0 Å². The van der Waals surface area contributed by atoms with Crippen LogP contribution in [0, 0.1) is 45.3 Å². The monoisotopic (exact) mass is 766 g/mol. The van der Waals surface area contributed by atoms with Gasteiger partial charge in [0.15, 0.2) is 5.78 Å². The van der Waals surface area contributed by atoms with Crippen LogP contribution in [0.5, 0.6) is 5.75 Å². The van der Waals surface area contributed by atoms with Crippen LogP contribution in [0.15, 0.2) is 53.6 Å². The number of rotatable bonds is 9. The number of anilines is 1. The number of aliphatic hydroxyl groups excluding tert-OH is 2. The van der Waals surface area contributed by atoms with Crippen LogP contribution in [0.25, 0.3) is 0 Å². The molecule has 5 aliphatic carbocycles. The fourth-order valence-corrected chi connectivity index (χ4v) is 14.8. The fourth-order valence-electron chi connectivity index (χ4n) is 14.8. The maximum atomic E-state index is 14.5. The molecule has 2 aromatic rings. The van der Waals surface area contributed by atoms with Crippen molar-refractivity contribution in [2.45, 2.75) is 149 Å². The Morgan fingerprint density at radius 2 is 1.73 bits per heavy atom. The topological polar surface area (TPSA) is 145 Å². The summed E-state index contributed by atoms with van der Waals surface area (Å²) in [5.41, 5.74) is 9.68. The van der Waals surface area contributed by atoms with Crippen LogP contribution >= 0.6 is 0 Å². The van der Waals surface area contributed by atoms with Crippen LogP contribution in [0.3, 0.4) is 0 Å². The minimum absolute atomic E-state index is 0.124. The molecule has 1 heterocycles. The molecule has 6 aliphatic rings. The third-order valence-corrected chi connectivity index (χ3v) is 17.1. The van der Waals surface area contributed by atoms with Crippen molar-refractivity contribution in [2.24, 2.45) is 45.3 Å². The lowest BCUT2D eigenvalue weighted by Crippen LogP contribution is -2.67. The van der Waals surface area contributed by atoms with Gasteiger partial charge in [-0.05, 0) is 140 Å². The molecule has 56 heavy (non-hydrogen) atoms. The average Bonchev–Trinajstić information content (AvgIpc) is 3.42. The average molecular weight is 767 g/mol. The third-order valence-electron chi connectivity index (χ3n) is 17.1. The molecule has 5 fully saturated rings. The highest BCUT2D eigenvalue weighted by atomic mass is 16.6. The van der Waals surface area contributed by atoms with Crippen LogP contribution in [0.1, 0.15) is 135 Å². The number of phenolic OH excluding ortho intramolecular Hbond substituents is 1. The largest absolute Gasteiger partial charge is 0.508 e. The summed E-state index contributed by atoms with van der Waals surface area (Å²) in [5, 5.41) is 38.0. The summed E-state index contributed by atoms with van der Waals surface area (Å²) in [4.78, 5) is 28.8. The molecule has 0 unspecified atom stereocenters. The number of Topliss-reactive ketones (excluding diaryl/α,β-unsaturated/α-hetero) is 2. The van der Waals surface area contributed by atoms with E-state index in [0.717, 1.165) is 54.5 Å². The first-order chi connectivity index (χ1) is 26.3. The van der Waals surface area contributed by atoms with Gasteiger partial charge < -0.3 is 31.1 Å². The normalized spacial score (nSPS) is 41.2. The van der Waals surface area contributed by atoms with E-state index in [1.165, 1.54) is 11.1 Å². The number of ketones is 2. The molecule has 0 radical (unpaired) electrons. The van der Waals surface area contributed by atoms with E-state index < -0.39 is 34.6 Å². The maximum absolute atomic E-state index is 14.5. The number of hydrogen-bond acceptors (Lipinski definition) is 8. The van der Waals surface area contributed by atoms with Crippen molar-refractivity contribution in [3.05, 3.63) is 70.3 Å². The van der Waals surface area contributed by atoms with E-state index in [0.29, 0.717) is 44.1 Å². The first-order valence-corrected chi connectivity index (χ1v) is 21.5. The second-order valence-corrected chi connectivity index (χ2v) is 20.6. The molecular formula is C48H66N2O6. The number of nitrogens with one attached hydrogen (secondary N) is 1. The molecule has 304 valence electrons. The Hall–Kier alpha value is -3.04. The highest BCUT2D eigenvalue weighted by Crippen LogP contribution is 2.75. The van der Waals surface area contributed by atoms with Gasteiger partial charge in [-0.1, -0.05) is 71.7 Å². The lowest BCUT2D eigenvalue weighted by Gasteiger charge is -2.69. The van der Waals surface area contributed by atoms with Crippen molar-refractivity contribution in [3.8, 4) is 5.75 Å². The van der Waals surface area contributed by atoms with Gasteiger partial charge in [0.05, 0.1) is 17.8 Å². The Kier molecular flexibility index (Phi) is 9.59. The number of phenols is 1. The molecule has 13 atom stereocenters. The predicted molar refractivity (Wildman–Crippen MR) is 219 cm³/mol. The number of ether oxygens (including phenoxy) is 1. The van der Waals surface area contributed by atoms with Gasteiger partial charge in [-0.25, -0.2) is 0 Å². The number of carbonyl (C=O) groups excluding carboxylic acids is 2. The molecule has 0 amide bonds. The van der Waals surface area contributed by atoms with Crippen LogP contribution in [0.2, 0.25) is 0 Å². The molecule has 1 saturated heterocycles. The van der Waals surface area contributed by atoms with Crippen molar-refractivity contribution in [2.75, 3.05) is 12.8 Å². The van der Waals surface area contributed by atoms with Gasteiger partial charge >= 0.3 is 0 Å². The second kappa shape index (κ2) is 13.5. The maximum Gasteiger partial charge on any atom is 0.159 e. The zero-order chi connectivity index (χ0) is 40.3. The summed E-state index contributed by atoms with van der Waals surface area (Å²) in [6.07, 6.45) is 5.32. The first-order valence-electron chi connectivity index (χ1n) is 21.5. The molecule has 0 spiro atoms. The number of nitrogens with two attached hydrogens (primary N) is 1. The van der Waals surface area contributed by atoms with E-state index in [-0.39, 0.29) is 52.0 Å². The van der Waals surface area contributed by atoms with Gasteiger partial charge in [-0.2, -0.15) is 0 Å². The predicted octanol–water partition coefficient (Wildman–Crippen LogP) is 7.98. The minimum atomic E-state index is -0.780. The summed E-state index contributed by atoms with van der Waals surface area (Å²) in [6, 6.07) is 13.8. The van der Waals surface area contributed by atoms with Crippen LogP contribution in [-0.2, 0) is 20.9 Å². The number of carbonyl (C=O) groups is 2. The van der Waals surface area contributed by atoms with Crippen LogP contribution < -0.4 is 11.1 Å². The first kappa shape index (κ1) is 39.8. The second-order valence-electron chi connectivity index (χ2n) is 20.6. The summed E-state index contributed by atoms with van der Waals surface area (Å²) in [5.74, 6) is 0.538. The molecule has 0 bridgehead atoms. The molecule has 1 aliphatic heterocycles. The van der Waals surface area contributed by atoms with Crippen molar-refractivity contribution < 1.29 is 29.6 Å². The highest BCUT2D eigenvalue weighted by Gasteiger charge is 2.71. The van der Waals surface area contributed by atoms with Crippen molar-refractivity contribution in [3.63, 3.8) is 0 Å². The Balaban J connectivity index is 1.06. The smallest absolute Gasteiger partial charge is 0.159 e. The third kappa shape index (κ3) is 5.81. The highest BCUT2D eigenvalue weighted by molar-refractivity contribution is 6.00. The van der Waals surface area contributed by atoms with Gasteiger partial charge in [-0.3, -0.25) is 9.59 Å². The number of hydrogen-bond donors (Lipinski definition) is 5. The van der Waals surface area contributed by atoms with E-state index in [4.69, 9.17) is 10.5 Å². The van der Waals surface area contributed by atoms with Gasteiger partial charge in [0.25, 0.3) is 0 Å². The molecule has 8 rings (SSSR count). The molecule has 4 saturated carbocycles. The van der Waals surface area contributed by atoms with Gasteiger partial charge in [-0.15, -0.1) is 0 Å². The minimum Gasteiger partial charge on any atom is -0.508 e. The van der Waals surface area contributed by atoms with Gasteiger partial charge in [0.1, 0.15) is 17.6 Å². The number of nitrogen functional groups attached to an aromatic ring is 1. The van der Waals surface area contributed by atoms with Gasteiger partial charge in [0.2, 0.25) is 0 Å². The summed E-state index contributed by atoms with van der Waals surface area (Å²) >= 11 is 0. The SMILES string of the molecule is CNCc1cc(O)cc([C@@H]2C[C@@]3(C)[C@@H]([C@@H](O)C[C@@]4(C)[C@H]3CCC3=C([C@H](C)C[C@@H](O)[C@@H]5O[C@]5(C)[C@H]5CCC[C@H]5c5cccc(N)c5)C(=O)C[C@@]34C)C(C)(C)C2=O)c1. The number of allylic oxidation sites excluding steroid dienone is 2. The zero-order valence-electron chi connectivity index (χ0n) is 35.0. The number of benzene rings is 2.